The zero-order valence-corrected chi connectivity index (χ0v) is 27.9. The van der Waals surface area contributed by atoms with Gasteiger partial charge in [-0.25, -0.2) is 15.0 Å². The largest absolute Gasteiger partial charge is 0.485 e. The summed E-state index contributed by atoms with van der Waals surface area (Å²) in [6, 6.07) is 49.0. The minimum absolute atomic E-state index is 0.0415. The molecule has 4 nitrogen and oxygen atoms in total. The van der Waals surface area contributed by atoms with Crippen LogP contribution in [0.25, 0.3) is 62.4 Å². The molecule has 0 saturated heterocycles. The van der Waals surface area contributed by atoms with Crippen molar-refractivity contribution < 1.29 is 4.74 Å². The van der Waals surface area contributed by atoms with E-state index in [-0.39, 0.29) is 17.9 Å². The zero-order chi connectivity index (χ0) is 33.7. The van der Waals surface area contributed by atoms with E-state index in [0.29, 0.717) is 17.5 Å². The normalized spacial score (nSPS) is 18.4. The molecule has 0 spiro atoms. The summed E-state index contributed by atoms with van der Waals surface area (Å²) in [7, 11) is 0. The third-order valence-corrected chi connectivity index (χ3v) is 10.4. The van der Waals surface area contributed by atoms with Gasteiger partial charge in [0.05, 0.1) is 5.92 Å². The molecule has 2 heterocycles. The highest BCUT2D eigenvalue weighted by Gasteiger charge is 2.39. The fraction of sp³-hybridized carbons (Fsp3) is 0.0851. The van der Waals surface area contributed by atoms with Crippen molar-refractivity contribution in [2.45, 2.75) is 24.4 Å². The lowest BCUT2D eigenvalue weighted by molar-refractivity contribution is 0.271. The first kappa shape index (κ1) is 29.5. The Kier molecular flexibility index (Phi) is 7.05. The van der Waals surface area contributed by atoms with Crippen LogP contribution < -0.4 is 15.2 Å². The standard InChI is InChI=1S/C47H33N3O/c1-3-11-30(12-4-1)34-16-9-17-37(27-34)46-48-45(33-14-5-2-6-15-33)49-47(50-46)39-19-10-20-43-44(39)41-29-36(25-26-42(41)51-43)35-24-23-32-22-21-31-13-7-8-18-38(31)40(32)28-35/h1-23,25-29,35,43-44H,24H2. The molecule has 51 heavy (non-hydrogen) atoms. The van der Waals surface area contributed by atoms with Crippen LogP contribution in [0.1, 0.15) is 35.2 Å². The summed E-state index contributed by atoms with van der Waals surface area (Å²) in [6.07, 6.45) is 12.1. The van der Waals surface area contributed by atoms with Gasteiger partial charge >= 0.3 is 0 Å². The average molecular weight is 656 g/mol. The number of rotatable bonds is 5. The molecule has 0 fully saturated rings. The van der Waals surface area contributed by atoms with Crippen LogP contribution in [-0.2, 0) is 0 Å². The Hall–Kier alpha value is -6.39. The van der Waals surface area contributed by atoms with E-state index >= 15 is 0 Å². The summed E-state index contributed by atoms with van der Waals surface area (Å²) < 4.78 is 6.60. The van der Waals surface area contributed by atoms with Crippen LogP contribution >= 0.6 is 0 Å². The first-order valence-electron chi connectivity index (χ1n) is 17.6. The maximum Gasteiger partial charge on any atom is 0.164 e. The fourth-order valence-electron chi connectivity index (χ4n) is 7.87. The molecule has 0 saturated carbocycles. The molecule has 0 radical (unpaired) electrons. The van der Waals surface area contributed by atoms with Crippen molar-refractivity contribution >= 4 is 28.5 Å². The van der Waals surface area contributed by atoms with Crippen molar-refractivity contribution in [3.8, 4) is 39.7 Å². The average Bonchev–Trinajstić information content (AvgIpc) is 3.59. The Labute approximate surface area is 296 Å². The van der Waals surface area contributed by atoms with Gasteiger partial charge in [-0.2, -0.15) is 0 Å². The maximum atomic E-state index is 6.60. The topological polar surface area (TPSA) is 47.9 Å². The van der Waals surface area contributed by atoms with E-state index in [2.05, 4.69) is 146 Å². The highest BCUT2D eigenvalue weighted by Crippen LogP contribution is 2.48. The van der Waals surface area contributed by atoms with Crippen molar-refractivity contribution in [2.24, 2.45) is 0 Å². The van der Waals surface area contributed by atoms with Gasteiger partial charge < -0.3 is 4.74 Å². The van der Waals surface area contributed by atoms with Gasteiger partial charge in [-0.1, -0.05) is 152 Å². The Bertz CT molecular complexity index is 2660. The van der Waals surface area contributed by atoms with Crippen LogP contribution in [0.15, 0.2) is 158 Å². The van der Waals surface area contributed by atoms with Crippen LogP contribution in [0.2, 0.25) is 0 Å². The van der Waals surface area contributed by atoms with Crippen LogP contribution in [-0.4, -0.2) is 21.1 Å². The summed E-state index contributed by atoms with van der Waals surface area (Å²) in [5, 5.41) is 5.21. The maximum absolute atomic E-state index is 6.60. The highest BCUT2D eigenvalue weighted by atomic mass is 16.5. The van der Waals surface area contributed by atoms with Crippen molar-refractivity contribution in [1.82, 2.24) is 15.0 Å². The summed E-state index contributed by atoms with van der Waals surface area (Å²) in [6.45, 7) is 0. The van der Waals surface area contributed by atoms with Gasteiger partial charge in [0.25, 0.3) is 0 Å². The lowest BCUT2D eigenvalue weighted by atomic mass is 9.81. The van der Waals surface area contributed by atoms with Gasteiger partial charge in [-0.3, -0.25) is 0 Å². The molecule has 2 aliphatic carbocycles. The number of aromatic nitrogens is 3. The van der Waals surface area contributed by atoms with E-state index in [9.17, 15) is 0 Å². The van der Waals surface area contributed by atoms with Crippen LogP contribution in [0, 0.1) is 0 Å². The molecule has 3 aliphatic rings. The number of allylic oxidation sites excluding steroid dienone is 2. The van der Waals surface area contributed by atoms with E-state index < -0.39 is 0 Å². The van der Waals surface area contributed by atoms with E-state index in [1.54, 1.807) is 0 Å². The van der Waals surface area contributed by atoms with Crippen molar-refractivity contribution in [3.05, 3.63) is 185 Å². The first-order valence-corrected chi connectivity index (χ1v) is 17.6. The second-order valence-electron chi connectivity index (χ2n) is 13.5. The van der Waals surface area contributed by atoms with Gasteiger partial charge in [-0.05, 0) is 62.5 Å². The number of benzene rings is 6. The molecule has 6 aromatic carbocycles. The second-order valence-corrected chi connectivity index (χ2v) is 13.5. The molecule has 242 valence electrons. The van der Waals surface area contributed by atoms with Crippen molar-refractivity contribution in [3.63, 3.8) is 0 Å². The number of nitrogens with zero attached hydrogens (tertiary/aromatic N) is 3. The van der Waals surface area contributed by atoms with Gasteiger partial charge in [-0.15, -0.1) is 0 Å². The Morgan fingerprint density at radius 2 is 1.31 bits per heavy atom. The molecule has 10 rings (SSSR count). The second kappa shape index (κ2) is 12.2. The molecule has 4 heteroatoms. The smallest absolute Gasteiger partial charge is 0.164 e. The van der Waals surface area contributed by atoms with E-state index in [0.717, 1.165) is 40.0 Å². The van der Waals surface area contributed by atoms with Crippen LogP contribution in [0.3, 0.4) is 0 Å². The van der Waals surface area contributed by atoms with E-state index in [1.165, 1.54) is 32.3 Å². The predicted molar refractivity (Wildman–Crippen MR) is 206 cm³/mol. The van der Waals surface area contributed by atoms with Crippen molar-refractivity contribution in [2.75, 3.05) is 0 Å². The molecule has 0 amide bonds. The van der Waals surface area contributed by atoms with Gasteiger partial charge in [0.2, 0.25) is 0 Å². The van der Waals surface area contributed by atoms with E-state index in [4.69, 9.17) is 19.7 Å². The Balaban J connectivity index is 1.07. The summed E-state index contributed by atoms with van der Waals surface area (Å²) >= 11 is 0. The lowest BCUT2D eigenvalue weighted by Gasteiger charge is -2.23. The van der Waals surface area contributed by atoms with Crippen LogP contribution in [0.4, 0.5) is 0 Å². The predicted octanol–water partition coefficient (Wildman–Crippen LogP) is 9.27. The molecule has 3 atom stereocenters. The SMILES string of the molecule is C1=CC2Oc3ccc(C4C=c5c(ccc6ccccc56)=CC4)cc3C2C(c2nc(-c3ccccc3)nc(-c3cccc(-c4ccccc4)c3)n2)=C1. The van der Waals surface area contributed by atoms with Crippen LogP contribution in [0.5, 0.6) is 5.75 Å². The summed E-state index contributed by atoms with van der Waals surface area (Å²) in [4.78, 5) is 15.4. The first-order chi connectivity index (χ1) is 25.2. The molecule has 0 bridgehead atoms. The molecular weight excluding hydrogens is 623 g/mol. The molecule has 1 aromatic heterocycles. The zero-order valence-electron chi connectivity index (χ0n) is 27.9. The summed E-state index contributed by atoms with van der Waals surface area (Å²) in [5.74, 6) is 3.12. The molecular formula is C47H33N3O. The van der Waals surface area contributed by atoms with Crippen molar-refractivity contribution in [1.29, 1.82) is 0 Å². The number of ether oxygens (including phenoxy) is 1. The van der Waals surface area contributed by atoms with Gasteiger partial charge in [0.15, 0.2) is 17.5 Å². The number of hydrogen-bond acceptors (Lipinski definition) is 4. The molecule has 7 aromatic rings. The number of hydrogen-bond donors (Lipinski definition) is 0. The number of fused-ring (bicyclic) bond motifs is 6. The van der Waals surface area contributed by atoms with E-state index in [1.807, 2.05) is 24.3 Å². The highest BCUT2D eigenvalue weighted by molar-refractivity contribution is 5.85. The monoisotopic (exact) mass is 655 g/mol. The summed E-state index contributed by atoms with van der Waals surface area (Å²) in [5.41, 5.74) is 7.68. The lowest BCUT2D eigenvalue weighted by Crippen LogP contribution is -2.29. The quantitative estimate of drug-likeness (QED) is 0.186. The molecule has 3 unspecified atom stereocenters. The fourth-order valence-corrected chi connectivity index (χ4v) is 7.87. The van der Waals surface area contributed by atoms with Gasteiger partial charge in [0.1, 0.15) is 11.9 Å². The minimum atomic E-state index is -0.136. The molecule has 0 N–H and O–H groups in total. The minimum Gasteiger partial charge on any atom is -0.485 e. The Morgan fingerprint density at radius 1 is 0.588 bits per heavy atom. The third-order valence-electron chi connectivity index (χ3n) is 10.4. The third kappa shape index (κ3) is 5.28. The Morgan fingerprint density at radius 3 is 2.18 bits per heavy atom. The van der Waals surface area contributed by atoms with Gasteiger partial charge in [0, 0.05) is 28.2 Å². The molecule has 1 aliphatic heterocycles.